The van der Waals surface area contributed by atoms with Gasteiger partial charge in [0.2, 0.25) is 0 Å². The van der Waals surface area contributed by atoms with E-state index >= 15 is 0 Å². The minimum absolute atomic E-state index is 0.113. The van der Waals surface area contributed by atoms with Gasteiger partial charge in [0.25, 0.3) is 0 Å². The molecule has 2 N–H and O–H groups in total. The Morgan fingerprint density at radius 2 is 1.91 bits per heavy atom. The van der Waals surface area contributed by atoms with Crippen LogP contribution >= 0.6 is 0 Å². The predicted molar refractivity (Wildman–Crippen MR) is 83.8 cm³/mol. The van der Waals surface area contributed by atoms with Crippen LogP contribution in [-0.4, -0.2) is 30.4 Å². The summed E-state index contributed by atoms with van der Waals surface area (Å²) < 4.78 is 5.57. The Morgan fingerprint density at radius 3 is 2.74 bits per heavy atom. The summed E-state index contributed by atoms with van der Waals surface area (Å²) in [4.78, 5) is 18.8. The number of aliphatic hydroxyl groups excluding tert-OH is 1. The molecule has 1 aliphatic heterocycles. The molecule has 0 aromatic heterocycles. The molecular formula is C17H17N3O3. The van der Waals surface area contributed by atoms with E-state index in [2.05, 4.69) is 15.3 Å². The summed E-state index contributed by atoms with van der Waals surface area (Å²) in [5.41, 5.74) is 1.15. The second-order valence-corrected chi connectivity index (χ2v) is 5.21. The third-order valence-electron chi connectivity index (χ3n) is 3.38. The van der Waals surface area contributed by atoms with Gasteiger partial charge in [0.05, 0.1) is 5.36 Å². The van der Waals surface area contributed by atoms with E-state index in [0.717, 1.165) is 5.56 Å². The molecule has 6 heteroatoms. The molecule has 0 radical (unpaired) electrons. The number of fused-ring (bicyclic) bond motifs is 1. The average Bonchev–Trinajstić information content (AvgIpc) is 2.94. The highest BCUT2D eigenvalue weighted by atomic mass is 16.5. The van der Waals surface area contributed by atoms with Gasteiger partial charge in [-0.25, -0.2) is 4.79 Å². The molecule has 0 bridgehead atoms. The lowest BCUT2D eigenvalue weighted by Gasteiger charge is -2.13. The van der Waals surface area contributed by atoms with Crippen molar-refractivity contribution < 1.29 is 14.6 Å². The second-order valence-electron chi connectivity index (χ2n) is 5.21. The van der Waals surface area contributed by atoms with Gasteiger partial charge < -0.3 is 15.2 Å². The molecular weight excluding hydrogens is 294 g/mol. The van der Waals surface area contributed by atoms with Crippen LogP contribution in [0.15, 0.2) is 58.5 Å². The van der Waals surface area contributed by atoms with Gasteiger partial charge in [-0.15, -0.1) is 0 Å². The number of carbonyl (C=O) groups excluding carboxylic acids is 1. The molecule has 23 heavy (non-hydrogen) atoms. The van der Waals surface area contributed by atoms with Crippen LogP contribution in [0, 0.1) is 0 Å². The first-order valence-corrected chi connectivity index (χ1v) is 7.38. The summed E-state index contributed by atoms with van der Waals surface area (Å²) >= 11 is 0. The molecule has 3 rings (SSSR count). The number of benzene rings is 2. The predicted octanol–water partition coefficient (Wildman–Crippen LogP) is 0.589. The van der Waals surface area contributed by atoms with E-state index < -0.39 is 12.1 Å². The topological polar surface area (TPSA) is 83.3 Å². The molecule has 1 unspecified atom stereocenters. The molecule has 0 fully saturated rings. The number of nitrogens with zero attached hydrogens (tertiary/aromatic N) is 2. The van der Waals surface area contributed by atoms with Crippen LogP contribution in [0.2, 0.25) is 0 Å². The third kappa shape index (κ3) is 4.00. The number of ether oxygens (including phenoxy) is 1. The summed E-state index contributed by atoms with van der Waals surface area (Å²) in [6.45, 7) is 1.20. The van der Waals surface area contributed by atoms with Crippen LogP contribution in [0.5, 0.6) is 5.75 Å². The van der Waals surface area contributed by atoms with Crippen molar-refractivity contribution >= 4 is 6.03 Å². The molecule has 1 atom stereocenters. The number of amides is 2. The fourth-order valence-corrected chi connectivity index (χ4v) is 2.28. The number of hydrogen-bond donors (Lipinski definition) is 2. The molecule has 118 valence electrons. The van der Waals surface area contributed by atoms with Crippen molar-refractivity contribution in [3.05, 3.63) is 64.8 Å². The summed E-state index contributed by atoms with van der Waals surface area (Å²) in [5, 5.41) is 14.1. The molecule has 0 saturated carbocycles. The Hall–Kier alpha value is -2.57. The molecule has 1 aliphatic rings. The molecule has 1 heterocycles. The lowest BCUT2D eigenvalue weighted by atomic mass is 10.2. The first-order valence-electron chi connectivity index (χ1n) is 7.38. The van der Waals surface area contributed by atoms with Gasteiger partial charge in [-0.05, 0) is 17.7 Å². The van der Waals surface area contributed by atoms with Crippen LogP contribution in [0.25, 0.3) is 0 Å². The third-order valence-corrected chi connectivity index (χ3v) is 3.38. The molecule has 0 spiro atoms. The Kier molecular flexibility index (Phi) is 4.75. The monoisotopic (exact) mass is 311 g/mol. The quantitative estimate of drug-likeness (QED) is 0.784. The van der Waals surface area contributed by atoms with Crippen molar-refractivity contribution in [2.24, 2.45) is 9.98 Å². The van der Waals surface area contributed by atoms with E-state index in [0.29, 0.717) is 29.6 Å². The van der Waals surface area contributed by atoms with Crippen LogP contribution in [0.1, 0.15) is 5.56 Å². The summed E-state index contributed by atoms with van der Waals surface area (Å²) in [7, 11) is 0. The minimum Gasteiger partial charge on any atom is -0.488 e. The molecule has 2 amide bonds. The maximum absolute atomic E-state index is 11.2. The highest BCUT2D eigenvalue weighted by Gasteiger charge is 2.11. The highest BCUT2D eigenvalue weighted by molar-refractivity contribution is 5.77. The van der Waals surface area contributed by atoms with Crippen LogP contribution < -0.4 is 20.8 Å². The van der Waals surface area contributed by atoms with Gasteiger partial charge in [-0.1, -0.05) is 36.4 Å². The standard InChI is InChI=1S/C17H17N3O3/c21-13(10-18-9-12-5-2-1-3-6-12)11-23-15-8-4-7-14-16(15)20-17(22)19-14/h1-8,13,18,21H,9-11H2. The minimum atomic E-state index is -0.663. The molecule has 2 aromatic carbocycles. The molecule has 0 saturated heterocycles. The maximum Gasteiger partial charge on any atom is 0.368 e. The SMILES string of the molecule is O=C1N=c2cccc(OCC(O)CNCc3ccccc3)c2=N1. The van der Waals surface area contributed by atoms with Crippen molar-refractivity contribution in [2.75, 3.05) is 13.2 Å². The fourth-order valence-electron chi connectivity index (χ4n) is 2.28. The Morgan fingerprint density at radius 1 is 1.09 bits per heavy atom. The lowest BCUT2D eigenvalue weighted by molar-refractivity contribution is 0.105. The van der Waals surface area contributed by atoms with Gasteiger partial charge in [-0.2, -0.15) is 9.98 Å². The Labute approximate surface area is 133 Å². The van der Waals surface area contributed by atoms with E-state index in [4.69, 9.17) is 4.74 Å². The first-order chi connectivity index (χ1) is 11.2. The molecule has 6 nitrogen and oxygen atoms in total. The summed E-state index contributed by atoms with van der Waals surface area (Å²) in [6, 6.07) is 14.6. The number of carbonyl (C=O) groups is 1. The number of para-hydroxylation sites is 1. The van der Waals surface area contributed by atoms with Gasteiger partial charge >= 0.3 is 6.03 Å². The molecule has 0 aliphatic carbocycles. The van der Waals surface area contributed by atoms with Crippen molar-refractivity contribution in [1.82, 2.24) is 5.32 Å². The van der Waals surface area contributed by atoms with Crippen molar-refractivity contribution in [1.29, 1.82) is 0 Å². The average molecular weight is 311 g/mol. The maximum atomic E-state index is 11.2. The first kappa shape index (κ1) is 15.3. The summed E-state index contributed by atoms with van der Waals surface area (Å²) in [6.07, 6.45) is -0.663. The van der Waals surface area contributed by atoms with E-state index in [9.17, 15) is 9.90 Å². The van der Waals surface area contributed by atoms with E-state index in [1.165, 1.54) is 0 Å². The van der Waals surface area contributed by atoms with Crippen LogP contribution in [0.3, 0.4) is 0 Å². The zero-order chi connectivity index (χ0) is 16.1. The Bertz CT molecular complexity index is 806. The van der Waals surface area contributed by atoms with Crippen LogP contribution in [0.4, 0.5) is 4.79 Å². The number of urea groups is 1. The highest BCUT2D eigenvalue weighted by Crippen LogP contribution is 2.03. The number of aliphatic hydroxyl groups is 1. The fraction of sp³-hybridized carbons (Fsp3) is 0.235. The van der Waals surface area contributed by atoms with E-state index in [1.807, 2.05) is 30.3 Å². The number of nitrogens with one attached hydrogen (secondary N) is 1. The van der Waals surface area contributed by atoms with Gasteiger partial charge in [0.15, 0.2) is 0 Å². The largest absolute Gasteiger partial charge is 0.488 e. The Balaban J connectivity index is 1.50. The van der Waals surface area contributed by atoms with Crippen molar-refractivity contribution in [3.8, 4) is 5.75 Å². The van der Waals surface area contributed by atoms with Gasteiger partial charge in [0.1, 0.15) is 23.8 Å². The normalized spacial score (nSPS) is 13.9. The van der Waals surface area contributed by atoms with Crippen LogP contribution in [-0.2, 0) is 6.54 Å². The summed E-state index contributed by atoms with van der Waals surface area (Å²) in [5.74, 6) is 0.458. The number of rotatable bonds is 7. The smallest absolute Gasteiger partial charge is 0.368 e. The zero-order valence-electron chi connectivity index (χ0n) is 12.5. The van der Waals surface area contributed by atoms with Crippen molar-refractivity contribution in [2.45, 2.75) is 12.6 Å². The second kappa shape index (κ2) is 7.13. The number of hydrogen-bond acceptors (Lipinski definition) is 4. The van der Waals surface area contributed by atoms with Gasteiger partial charge in [-0.3, -0.25) is 0 Å². The van der Waals surface area contributed by atoms with Crippen molar-refractivity contribution in [3.63, 3.8) is 0 Å². The van der Waals surface area contributed by atoms with E-state index in [1.54, 1.807) is 18.2 Å². The zero-order valence-corrected chi connectivity index (χ0v) is 12.5. The lowest BCUT2D eigenvalue weighted by Crippen LogP contribution is -2.33. The van der Waals surface area contributed by atoms with E-state index in [-0.39, 0.29) is 6.61 Å². The van der Waals surface area contributed by atoms with Gasteiger partial charge in [0, 0.05) is 13.1 Å². The molecule has 2 aromatic rings.